The van der Waals surface area contributed by atoms with Crippen LogP contribution in [0, 0.1) is 0 Å². The van der Waals surface area contributed by atoms with E-state index in [4.69, 9.17) is 18.9 Å². The normalized spacial score (nSPS) is 13.8. The molecule has 0 bridgehead atoms. The average Bonchev–Trinajstić information content (AvgIpc) is 3.24. The lowest BCUT2D eigenvalue weighted by Crippen LogP contribution is -2.23. The summed E-state index contributed by atoms with van der Waals surface area (Å²) in [5.74, 6) is 2.29. The minimum atomic E-state index is -0.199. The summed E-state index contributed by atoms with van der Waals surface area (Å²) in [6.45, 7) is 0.321. The highest BCUT2D eigenvalue weighted by molar-refractivity contribution is 5.94. The molecule has 0 atom stereocenters. The molecule has 28 heavy (non-hydrogen) atoms. The van der Waals surface area contributed by atoms with Gasteiger partial charge in [0, 0.05) is 17.7 Å². The van der Waals surface area contributed by atoms with Crippen LogP contribution >= 0.6 is 0 Å². The zero-order valence-electron chi connectivity index (χ0n) is 16.6. The number of amides is 1. The van der Waals surface area contributed by atoms with Crippen LogP contribution in [0.15, 0.2) is 36.4 Å². The van der Waals surface area contributed by atoms with Crippen molar-refractivity contribution in [2.45, 2.75) is 38.3 Å². The van der Waals surface area contributed by atoms with Gasteiger partial charge in [0.15, 0.2) is 23.0 Å². The molecule has 0 unspecified atom stereocenters. The summed E-state index contributed by atoms with van der Waals surface area (Å²) in [4.78, 5) is 12.6. The van der Waals surface area contributed by atoms with Crippen molar-refractivity contribution in [3.8, 4) is 23.0 Å². The maximum absolute atomic E-state index is 12.6. The quantitative estimate of drug-likeness (QED) is 0.745. The molecule has 150 valence electrons. The summed E-state index contributed by atoms with van der Waals surface area (Å²) in [7, 11) is 4.75. The Kier molecular flexibility index (Phi) is 6.63. The lowest BCUT2D eigenvalue weighted by atomic mass is 10.1. The van der Waals surface area contributed by atoms with Gasteiger partial charge in [0.2, 0.25) is 0 Å². The van der Waals surface area contributed by atoms with E-state index in [9.17, 15) is 4.79 Å². The Bertz CT molecular complexity index is 815. The Morgan fingerprint density at radius 1 is 0.964 bits per heavy atom. The van der Waals surface area contributed by atoms with Crippen LogP contribution in [0.2, 0.25) is 0 Å². The second-order valence-corrected chi connectivity index (χ2v) is 6.73. The zero-order valence-corrected chi connectivity index (χ0v) is 16.6. The fourth-order valence-electron chi connectivity index (χ4n) is 3.46. The van der Waals surface area contributed by atoms with Gasteiger partial charge in [-0.25, -0.2) is 0 Å². The van der Waals surface area contributed by atoms with E-state index in [1.807, 2.05) is 18.2 Å². The topological polar surface area (TPSA) is 66.0 Å². The van der Waals surface area contributed by atoms with Crippen LogP contribution in [-0.4, -0.2) is 33.3 Å². The number of carbonyl (C=O) groups is 1. The van der Waals surface area contributed by atoms with Gasteiger partial charge in [-0.15, -0.1) is 0 Å². The van der Waals surface area contributed by atoms with E-state index in [2.05, 4.69) is 5.32 Å². The lowest BCUT2D eigenvalue weighted by molar-refractivity contribution is 0.0950. The second-order valence-electron chi connectivity index (χ2n) is 6.73. The molecular formula is C22H27NO5. The Hall–Kier alpha value is -2.89. The lowest BCUT2D eigenvalue weighted by Gasteiger charge is -2.17. The molecule has 1 fully saturated rings. The molecule has 1 amide bonds. The fraction of sp³-hybridized carbons (Fsp3) is 0.409. The zero-order chi connectivity index (χ0) is 19.9. The molecule has 6 heteroatoms. The molecule has 1 saturated carbocycles. The molecule has 0 spiro atoms. The molecule has 6 nitrogen and oxygen atoms in total. The first-order valence-electron chi connectivity index (χ1n) is 9.49. The van der Waals surface area contributed by atoms with Crippen molar-refractivity contribution >= 4 is 5.91 Å². The predicted molar refractivity (Wildman–Crippen MR) is 107 cm³/mol. The second kappa shape index (κ2) is 9.35. The maximum atomic E-state index is 12.6. The van der Waals surface area contributed by atoms with Crippen LogP contribution in [0.5, 0.6) is 23.0 Å². The number of benzene rings is 2. The van der Waals surface area contributed by atoms with Crippen LogP contribution in [-0.2, 0) is 6.54 Å². The van der Waals surface area contributed by atoms with Crippen LogP contribution in [0.3, 0.4) is 0 Å². The molecule has 0 heterocycles. The number of carbonyl (C=O) groups excluding carboxylic acids is 1. The molecule has 1 aliphatic carbocycles. The molecule has 0 saturated heterocycles. The van der Waals surface area contributed by atoms with Crippen LogP contribution in [0.4, 0.5) is 0 Å². The van der Waals surface area contributed by atoms with Crippen molar-refractivity contribution in [1.29, 1.82) is 0 Å². The van der Waals surface area contributed by atoms with E-state index in [-0.39, 0.29) is 12.0 Å². The highest BCUT2D eigenvalue weighted by Crippen LogP contribution is 2.33. The van der Waals surface area contributed by atoms with E-state index in [0.717, 1.165) is 18.4 Å². The van der Waals surface area contributed by atoms with Gasteiger partial charge in [0.25, 0.3) is 5.91 Å². The van der Waals surface area contributed by atoms with E-state index in [1.165, 1.54) is 12.8 Å². The number of para-hydroxylation sites is 1. The molecule has 0 radical (unpaired) electrons. The third kappa shape index (κ3) is 4.50. The van der Waals surface area contributed by atoms with E-state index in [0.29, 0.717) is 35.1 Å². The van der Waals surface area contributed by atoms with Gasteiger partial charge in [-0.2, -0.15) is 0 Å². The number of hydrogen-bond acceptors (Lipinski definition) is 5. The smallest absolute Gasteiger partial charge is 0.251 e. The molecule has 3 rings (SSSR count). The molecular weight excluding hydrogens is 358 g/mol. The standard InChI is InChI=1S/C22H27NO5/c1-25-19-10-6-7-16(21(19)27-3)14-23-22(24)15-11-12-18(20(13-15)26-2)28-17-8-4-5-9-17/h6-7,10-13,17H,4-5,8-9,14H2,1-3H3,(H,23,24). The van der Waals surface area contributed by atoms with Crippen molar-refractivity contribution in [2.24, 2.45) is 0 Å². The summed E-state index contributed by atoms with van der Waals surface area (Å²) in [5, 5.41) is 2.91. The highest BCUT2D eigenvalue weighted by atomic mass is 16.5. The summed E-state index contributed by atoms with van der Waals surface area (Å²) >= 11 is 0. The van der Waals surface area contributed by atoms with E-state index < -0.39 is 0 Å². The summed E-state index contributed by atoms with van der Waals surface area (Å²) in [5.41, 5.74) is 1.35. The molecule has 1 aliphatic rings. The SMILES string of the molecule is COc1cc(C(=O)NCc2cccc(OC)c2OC)ccc1OC1CCCC1. The van der Waals surface area contributed by atoms with Gasteiger partial charge in [-0.1, -0.05) is 12.1 Å². The largest absolute Gasteiger partial charge is 0.493 e. The number of ether oxygens (including phenoxy) is 4. The Labute approximate surface area is 165 Å². The number of rotatable bonds is 8. The molecule has 1 N–H and O–H groups in total. The van der Waals surface area contributed by atoms with E-state index in [1.54, 1.807) is 39.5 Å². The first-order valence-corrected chi connectivity index (χ1v) is 9.49. The first-order chi connectivity index (χ1) is 13.7. The van der Waals surface area contributed by atoms with Crippen molar-refractivity contribution in [3.63, 3.8) is 0 Å². The molecule has 0 aliphatic heterocycles. The summed E-state index contributed by atoms with van der Waals surface area (Å²) < 4.78 is 22.2. The minimum Gasteiger partial charge on any atom is -0.493 e. The predicted octanol–water partition coefficient (Wildman–Crippen LogP) is 3.96. The maximum Gasteiger partial charge on any atom is 0.251 e. The van der Waals surface area contributed by atoms with Crippen molar-refractivity contribution in [2.75, 3.05) is 21.3 Å². The Morgan fingerprint density at radius 3 is 2.39 bits per heavy atom. The summed E-state index contributed by atoms with van der Waals surface area (Å²) in [6, 6.07) is 10.8. The van der Waals surface area contributed by atoms with Crippen LogP contribution in [0.25, 0.3) is 0 Å². The van der Waals surface area contributed by atoms with Gasteiger partial charge in [0.05, 0.1) is 27.4 Å². The number of methoxy groups -OCH3 is 3. The number of nitrogens with one attached hydrogen (secondary N) is 1. The van der Waals surface area contributed by atoms with Gasteiger partial charge >= 0.3 is 0 Å². The molecule has 2 aromatic rings. The third-order valence-corrected chi connectivity index (χ3v) is 4.95. The highest BCUT2D eigenvalue weighted by Gasteiger charge is 2.19. The number of hydrogen-bond donors (Lipinski definition) is 1. The van der Waals surface area contributed by atoms with E-state index >= 15 is 0 Å². The third-order valence-electron chi connectivity index (χ3n) is 4.95. The van der Waals surface area contributed by atoms with Gasteiger partial charge in [-0.3, -0.25) is 4.79 Å². The minimum absolute atomic E-state index is 0.199. The van der Waals surface area contributed by atoms with Gasteiger partial charge in [-0.05, 0) is 49.9 Å². The van der Waals surface area contributed by atoms with Gasteiger partial charge in [0.1, 0.15) is 0 Å². The fourth-order valence-corrected chi connectivity index (χ4v) is 3.46. The summed E-state index contributed by atoms with van der Waals surface area (Å²) in [6.07, 6.45) is 4.75. The van der Waals surface area contributed by atoms with Crippen molar-refractivity contribution < 1.29 is 23.7 Å². The van der Waals surface area contributed by atoms with Crippen LogP contribution in [0.1, 0.15) is 41.6 Å². The monoisotopic (exact) mass is 385 g/mol. The first kappa shape index (κ1) is 19.9. The molecule has 0 aromatic heterocycles. The Balaban J connectivity index is 1.69. The van der Waals surface area contributed by atoms with Crippen molar-refractivity contribution in [1.82, 2.24) is 5.32 Å². The van der Waals surface area contributed by atoms with Crippen LogP contribution < -0.4 is 24.3 Å². The van der Waals surface area contributed by atoms with Crippen molar-refractivity contribution in [3.05, 3.63) is 47.5 Å². The average molecular weight is 385 g/mol. The van der Waals surface area contributed by atoms with Gasteiger partial charge < -0.3 is 24.3 Å². The molecule has 2 aromatic carbocycles. The Morgan fingerprint density at radius 2 is 1.71 bits per heavy atom.